The lowest BCUT2D eigenvalue weighted by Gasteiger charge is -2.33. The molecule has 5 nitrogen and oxygen atoms in total. The van der Waals surface area contributed by atoms with Crippen LogP contribution in [0.15, 0.2) is 0 Å². The highest BCUT2D eigenvalue weighted by Crippen LogP contribution is 2.19. The molecule has 0 aliphatic carbocycles. The lowest BCUT2D eigenvalue weighted by molar-refractivity contribution is -0.123. The zero-order valence-corrected chi connectivity index (χ0v) is 10.2. The van der Waals surface area contributed by atoms with Gasteiger partial charge in [0.05, 0.1) is 18.2 Å². The van der Waals surface area contributed by atoms with E-state index in [-0.39, 0.29) is 18.5 Å². The van der Waals surface area contributed by atoms with Crippen LogP contribution in [0.5, 0.6) is 0 Å². The van der Waals surface area contributed by atoms with Crippen molar-refractivity contribution >= 4 is 5.91 Å². The van der Waals surface area contributed by atoms with Gasteiger partial charge in [0.15, 0.2) is 0 Å². The molecular formula is C12H20N2O3. The van der Waals surface area contributed by atoms with Gasteiger partial charge in [-0.1, -0.05) is 5.92 Å². The van der Waals surface area contributed by atoms with Crippen LogP contribution in [0.1, 0.15) is 19.8 Å². The molecule has 0 aromatic rings. The fourth-order valence-corrected chi connectivity index (χ4v) is 1.66. The first-order valence-corrected chi connectivity index (χ1v) is 5.82. The number of aliphatic hydroxyl groups is 1. The monoisotopic (exact) mass is 240 g/mol. The summed E-state index contributed by atoms with van der Waals surface area (Å²) in [6.45, 7) is 3.49. The highest BCUT2D eigenvalue weighted by atomic mass is 16.5. The van der Waals surface area contributed by atoms with Crippen LogP contribution in [0.3, 0.4) is 0 Å². The maximum Gasteiger partial charge on any atom is 0.237 e. The summed E-state index contributed by atoms with van der Waals surface area (Å²) in [5.41, 5.74) is -0.765. The van der Waals surface area contributed by atoms with Crippen molar-refractivity contribution in [3.8, 4) is 12.3 Å². The molecular weight excluding hydrogens is 220 g/mol. The molecule has 1 aliphatic heterocycles. The Morgan fingerprint density at radius 3 is 2.82 bits per heavy atom. The molecule has 1 amide bonds. The maximum absolute atomic E-state index is 11.5. The maximum atomic E-state index is 11.5. The van der Waals surface area contributed by atoms with Gasteiger partial charge in [-0.15, -0.1) is 6.42 Å². The highest BCUT2D eigenvalue weighted by Gasteiger charge is 2.30. The van der Waals surface area contributed by atoms with E-state index < -0.39 is 5.60 Å². The Morgan fingerprint density at radius 2 is 2.24 bits per heavy atom. The summed E-state index contributed by atoms with van der Waals surface area (Å²) in [7, 11) is 0. The van der Waals surface area contributed by atoms with Gasteiger partial charge in [0.1, 0.15) is 0 Å². The van der Waals surface area contributed by atoms with Gasteiger partial charge in [0, 0.05) is 32.6 Å². The van der Waals surface area contributed by atoms with Crippen molar-refractivity contribution in [2.24, 2.45) is 0 Å². The third kappa shape index (κ3) is 4.73. The van der Waals surface area contributed by atoms with Gasteiger partial charge in [-0.3, -0.25) is 4.79 Å². The first-order valence-electron chi connectivity index (χ1n) is 5.82. The van der Waals surface area contributed by atoms with Crippen LogP contribution in [-0.2, 0) is 9.53 Å². The lowest BCUT2D eigenvalue weighted by atomic mass is 9.94. The topological polar surface area (TPSA) is 70.6 Å². The Kier molecular flexibility index (Phi) is 5.42. The van der Waals surface area contributed by atoms with E-state index in [0.717, 1.165) is 0 Å². The minimum absolute atomic E-state index is 0.154. The number of terminal acetylenes is 1. The Bertz CT molecular complexity index is 293. The molecule has 1 rings (SSSR count). The second-order valence-electron chi connectivity index (χ2n) is 4.36. The molecule has 96 valence electrons. The molecule has 1 unspecified atom stereocenters. The SMILES string of the molecule is C#CCNC(=O)C(C)NCC1(O)CCOCC1. The number of amides is 1. The molecule has 1 saturated heterocycles. The number of rotatable bonds is 5. The molecule has 5 heteroatoms. The number of carbonyl (C=O) groups is 1. The van der Waals surface area contributed by atoms with Crippen molar-refractivity contribution in [1.29, 1.82) is 0 Å². The quantitative estimate of drug-likeness (QED) is 0.553. The molecule has 0 aromatic heterocycles. The summed E-state index contributed by atoms with van der Waals surface area (Å²) >= 11 is 0. The van der Waals surface area contributed by atoms with Crippen LogP contribution in [-0.4, -0.2) is 49.0 Å². The third-order valence-electron chi connectivity index (χ3n) is 2.92. The fraction of sp³-hybridized carbons (Fsp3) is 0.750. The van der Waals surface area contributed by atoms with Gasteiger partial charge in [-0.25, -0.2) is 0 Å². The van der Waals surface area contributed by atoms with Crippen molar-refractivity contribution in [3.05, 3.63) is 0 Å². The van der Waals surface area contributed by atoms with Crippen LogP contribution >= 0.6 is 0 Å². The van der Waals surface area contributed by atoms with Gasteiger partial charge in [-0.2, -0.15) is 0 Å². The minimum Gasteiger partial charge on any atom is -0.388 e. The molecule has 0 spiro atoms. The van der Waals surface area contributed by atoms with E-state index in [1.54, 1.807) is 6.92 Å². The third-order valence-corrected chi connectivity index (χ3v) is 2.92. The van der Waals surface area contributed by atoms with E-state index in [2.05, 4.69) is 16.6 Å². The summed E-state index contributed by atoms with van der Waals surface area (Å²) in [6, 6.07) is -0.366. The Morgan fingerprint density at radius 1 is 1.59 bits per heavy atom. The Balaban J connectivity index is 2.29. The van der Waals surface area contributed by atoms with E-state index in [1.807, 2.05) is 0 Å². The number of ether oxygens (including phenoxy) is 1. The lowest BCUT2D eigenvalue weighted by Crippen LogP contribution is -2.51. The summed E-state index contributed by atoms with van der Waals surface area (Å²) in [5, 5.41) is 15.8. The average molecular weight is 240 g/mol. The predicted molar refractivity (Wildman–Crippen MR) is 64.3 cm³/mol. The molecule has 0 aromatic carbocycles. The van der Waals surface area contributed by atoms with Gasteiger partial charge < -0.3 is 20.5 Å². The fourth-order valence-electron chi connectivity index (χ4n) is 1.66. The molecule has 0 saturated carbocycles. The number of hydrogen-bond donors (Lipinski definition) is 3. The molecule has 1 atom stereocenters. The zero-order valence-electron chi connectivity index (χ0n) is 10.2. The molecule has 3 N–H and O–H groups in total. The summed E-state index contributed by atoms with van der Waals surface area (Å²) in [6.07, 6.45) is 6.24. The summed E-state index contributed by atoms with van der Waals surface area (Å²) in [4.78, 5) is 11.5. The molecule has 0 bridgehead atoms. The van der Waals surface area contributed by atoms with Gasteiger partial charge in [-0.05, 0) is 6.92 Å². The van der Waals surface area contributed by atoms with Gasteiger partial charge in [0.2, 0.25) is 5.91 Å². The number of hydrogen-bond acceptors (Lipinski definition) is 4. The normalized spacial score (nSPS) is 20.3. The number of carbonyl (C=O) groups excluding carboxylic acids is 1. The number of nitrogens with one attached hydrogen (secondary N) is 2. The van der Waals surface area contributed by atoms with Gasteiger partial charge >= 0.3 is 0 Å². The van der Waals surface area contributed by atoms with E-state index in [0.29, 0.717) is 32.6 Å². The van der Waals surface area contributed by atoms with E-state index in [9.17, 15) is 9.90 Å². The minimum atomic E-state index is -0.765. The molecule has 1 heterocycles. The van der Waals surface area contributed by atoms with Crippen molar-refractivity contribution in [2.45, 2.75) is 31.4 Å². The van der Waals surface area contributed by atoms with Crippen LogP contribution < -0.4 is 10.6 Å². The van der Waals surface area contributed by atoms with Crippen molar-refractivity contribution < 1.29 is 14.6 Å². The predicted octanol–water partition coefficient (Wildman–Crippen LogP) is -0.745. The van der Waals surface area contributed by atoms with E-state index in [1.165, 1.54) is 0 Å². The Labute approximate surface area is 102 Å². The van der Waals surface area contributed by atoms with E-state index in [4.69, 9.17) is 11.2 Å². The molecule has 17 heavy (non-hydrogen) atoms. The van der Waals surface area contributed by atoms with Gasteiger partial charge in [0.25, 0.3) is 0 Å². The van der Waals surface area contributed by atoms with Crippen LogP contribution in [0, 0.1) is 12.3 Å². The van der Waals surface area contributed by atoms with Crippen LogP contribution in [0.4, 0.5) is 0 Å². The summed E-state index contributed by atoms with van der Waals surface area (Å²) < 4.78 is 5.18. The largest absolute Gasteiger partial charge is 0.388 e. The van der Waals surface area contributed by atoms with Crippen molar-refractivity contribution in [2.75, 3.05) is 26.3 Å². The summed E-state index contributed by atoms with van der Waals surface area (Å²) in [5.74, 6) is 2.19. The van der Waals surface area contributed by atoms with Crippen molar-refractivity contribution in [3.63, 3.8) is 0 Å². The average Bonchev–Trinajstić information content (AvgIpc) is 2.34. The van der Waals surface area contributed by atoms with Crippen LogP contribution in [0.2, 0.25) is 0 Å². The first-order chi connectivity index (χ1) is 8.07. The second kappa shape index (κ2) is 6.60. The standard InChI is InChI=1S/C12H20N2O3/c1-3-6-13-11(15)10(2)14-9-12(16)4-7-17-8-5-12/h1,10,14,16H,4-9H2,2H3,(H,13,15). The Hall–Kier alpha value is -1.09. The smallest absolute Gasteiger partial charge is 0.237 e. The molecule has 1 fully saturated rings. The molecule has 1 aliphatic rings. The zero-order chi connectivity index (χ0) is 12.7. The second-order valence-corrected chi connectivity index (χ2v) is 4.36. The van der Waals surface area contributed by atoms with Crippen LogP contribution in [0.25, 0.3) is 0 Å². The van der Waals surface area contributed by atoms with Crippen molar-refractivity contribution in [1.82, 2.24) is 10.6 Å². The van der Waals surface area contributed by atoms with E-state index >= 15 is 0 Å². The highest BCUT2D eigenvalue weighted by molar-refractivity contribution is 5.81. The first kappa shape index (κ1) is 14.0. The molecule has 0 radical (unpaired) electrons.